The quantitative estimate of drug-likeness (QED) is 0.829. The van der Waals surface area contributed by atoms with E-state index in [1.165, 1.54) is 0 Å². The molecule has 0 bridgehead atoms. The Labute approximate surface area is 134 Å². The number of aliphatic carboxylic acids is 1. The summed E-state index contributed by atoms with van der Waals surface area (Å²) in [6.07, 6.45) is -1.89. The fourth-order valence-corrected chi connectivity index (χ4v) is 2.49. The van der Waals surface area contributed by atoms with E-state index in [1.807, 2.05) is 60.7 Å². The summed E-state index contributed by atoms with van der Waals surface area (Å²) in [4.78, 5) is 25.1. The molecular formula is C18H17NO4. The average Bonchev–Trinajstić information content (AvgIpc) is 3.36. The predicted octanol–water partition coefficient (Wildman–Crippen LogP) is 2.07. The average molecular weight is 311 g/mol. The van der Waals surface area contributed by atoms with Crippen LogP contribution in [-0.2, 0) is 27.4 Å². The first-order valence-corrected chi connectivity index (χ1v) is 7.40. The lowest BCUT2D eigenvalue weighted by Crippen LogP contribution is -2.35. The SMILES string of the molecule is O=C(O)C1OC1C(=O)N(Cc1ccccc1)Cc1ccccc1. The number of nitrogens with zero attached hydrogens (tertiary/aromatic N) is 1. The van der Waals surface area contributed by atoms with Gasteiger partial charge in [0, 0.05) is 13.1 Å². The van der Waals surface area contributed by atoms with Crippen molar-refractivity contribution in [2.24, 2.45) is 0 Å². The van der Waals surface area contributed by atoms with Crippen molar-refractivity contribution in [3.8, 4) is 0 Å². The fraction of sp³-hybridized carbons (Fsp3) is 0.222. The van der Waals surface area contributed by atoms with E-state index >= 15 is 0 Å². The van der Waals surface area contributed by atoms with Crippen molar-refractivity contribution in [3.63, 3.8) is 0 Å². The lowest BCUT2D eigenvalue weighted by Gasteiger charge is -2.22. The first-order valence-electron chi connectivity index (χ1n) is 7.40. The van der Waals surface area contributed by atoms with Crippen molar-refractivity contribution in [1.82, 2.24) is 4.90 Å². The molecule has 5 nitrogen and oxygen atoms in total. The molecule has 2 aromatic rings. The minimum Gasteiger partial charge on any atom is -0.479 e. The molecule has 1 aliphatic heterocycles. The van der Waals surface area contributed by atoms with Crippen LogP contribution in [0.15, 0.2) is 60.7 Å². The van der Waals surface area contributed by atoms with E-state index in [1.54, 1.807) is 4.90 Å². The number of rotatable bonds is 6. The van der Waals surface area contributed by atoms with Gasteiger partial charge in [-0.15, -0.1) is 0 Å². The summed E-state index contributed by atoms with van der Waals surface area (Å²) in [6, 6.07) is 19.2. The Morgan fingerprint density at radius 3 is 1.74 bits per heavy atom. The van der Waals surface area contributed by atoms with Gasteiger partial charge < -0.3 is 14.7 Å². The van der Waals surface area contributed by atoms with E-state index in [4.69, 9.17) is 9.84 Å². The van der Waals surface area contributed by atoms with Crippen LogP contribution in [0, 0.1) is 0 Å². The summed E-state index contributed by atoms with van der Waals surface area (Å²) in [5.74, 6) is -1.38. The molecule has 5 heteroatoms. The zero-order valence-corrected chi connectivity index (χ0v) is 12.5. The Bertz CT molecular complexity index is 645. The van der Waals surface area contributed by atoms with Gasteiger partial charge in [0.05, 0.1) is 0 Å². The minimum absolute atomic E-state index is 0.287. The van der Waals surface area contributed by atoms with E-state index in [0.717, 1.165) is 11.1 Å². The number of carboxylic acids is 1. The van der Waals surface area contributed by atoms with Crippen molar-refractivity contribution in [2.75, 3.05) is 0 Å². The van der Waals surface area contributed by atoms with Crippen LogP contribution in [0.4, 0.5) is 0 Å². The third-order valence-corrected chi connectivity index (χ3v) is 3.72. The number of carbonyl (C=O) groups is 2. The maximum absolute atomic E-state index is 12.6. The zero-order valence-electron chi connectivity index (χ0n) is 12.5. The molecule has 2 aromatic carbocycles. The summed E-state index contributed by atoms with van der Waals surface area (Å²) < 4.78 is 5.01. The summed E-state index contributed by atoms with van der Waals surface area (Å²) in [7, 11) is 0. The molecule has 0 aliphatic carbocycles. The molecule has 1 saturated heterocycles. The van der Waals surface area contributed by atoms with Crippen LogP contribution in [-0.4, -0.2) is 34.1 Å². The van der Waals surface area contributed by atoms with Gasteiger partial charge in [-0.25, -0.2) is 4.79 Å². The van der Waals surface area contributed by atoms with Crippen LogP contribution in [0.5, 0.6) is 0 Å². The molecule has 0 spiro atoms. The molecule has 2 unspecified atom stereocenters. The van der Waals surface area contributed by atoms with Crippen molar-refractivity contribution in [1.29, 1.82) is 0 Å². The van der Waals surface area contributed by atoms with Crippen LogP contribution in [0.2, 0.25) is 0 Å². The number of carboxylic acid groups (broad SMARTS) is 1. The summed E-state index contributed by atoms with van der Waals surface area (Å²) in [5.41, 5.74) is 1.98. The number of carbonyl (C=O) groups excluding carboxylic acids is 1. The molecule has 118 valence electrons. The lowest BCUT2D eigenvalue weighted by atomic mass is 10.1. The van der Waals surface area contributed by atoms with Gasteiger partial charge in [0.2, 0.25) is 0 Å². The molecule has 1 fully saturated rings. The topological polar surface area (TPSA) is 70.1 Å². The van der Waals surface area contributed by atoms with Crippen LogP contribution in [0.25, 0.3) is 0 Å². The number of benzene rings is 2. The Morgan fingerprint density at radius 1 is 0.870 bits per heavy atom. The van der Waals surface area contributed by atoms with Crippen LogP contribution in [0.3, 0.4) is 0 Å². The maximum Gasteiger partial charge on any atom is 0.336 e. The van der Waals surface area contributed by atoms with Crippen LogP contribution in [0.1, 0.15) is 11.1 Å². The van der Waals surface area contributed by atoms with E-state index in [9.17, 15) is 9.59 Å². The zero-order chi connectivity index (χ0) is 16.2. The molecule has 0 radical (unpaired) electrons. The molecule has 1 amide bonds. The van der Waals surface area contributed by atoms with Crippen molar-refractivity contribution in [2.45, 2.75) is 25.3 Å². The van der Waals surface area contributed by atoms with Gasteiger partial charge in [-0.2, -0.15) is 0 Å². The molecule has 23 heavy (non-hydrogen) atoms. The van der Waals surface area contributed by atoms with Crippen LogP contribution >= 0.6 is 0 Å². The molecule has 3 rings (SSSR count). The van der Waals surface area contributed by atoms with Crippen molar-refractivity contribution >= 4 is 11.9 Å². The number of ether oxygens (including phenoxy) is 1. The molecule has 2 atom stereocenters. The first kappa shape index (κ1) is 15.2. The summed E-state index contributed by atoms with van der Waals surface area (Å²) >= 11 is 0. The number of hydrogen-bond acceptors (Lipinski definition) is 3. The van der Waals surface area contributed by atoms with Gasteiger partial charge in [0.25, 0.3) is 5.91 Å². The smallest absolute Gasteiger partial charge is 0.336 e. The second-order valence-corrected chi connectivity index (χ2v) is 5.48. The third kappa shape index (κ3) is 3.76. The largest absolute Gasteiger partial charge is 0.479 e. The highest BCUT2D eigenvalue weighted by molar-refractivity contribution is 5.92. The lowest BCUT2D eigenvalue weighted by molar-refractivity contribution is -0.139. The van der Waals surface area contributed by atoms with Gasteiger partial charge in [0.15, 0.2) is 12.2 Å². The standard InChI is InChI=1S/C18H17NO4/c20-17(15-16(23-15)18(21)22)19(11-13-7-3-1-4-8-13)12-14-9-5-2-6-10-14/h1-10,15-16H,11-12H2,(H,21,22). The highest BCUT2D eigenvalue weighted by atomic mass is 16.6. The molecular weight excluding hydrogens is 294 g/mol. The second-order valence-electron chi connectivity index (χ2n) is 5.48. The number of epoxide rings is 1. The molecule has 1 N–H and O–H groups in total. The highest BCUT2D eigenvalue weighted by Crippen LogP contribution is 2.26. The molecule has 1 aliphatic rings. The Balaban J connectivity index is 1.76. The maximum atomic E-state index is 12.6. The second kappa shape index (κ2) is 6.62. The number of hydrogen-bond donors (Lipinski definition) is 1. The molecule has 0 aromatic heterocycles. The van der Waals surface area contributed by atoms with Gasteiger partial charge in [0.1, 0.15) is 0 Å². The normalized spacial score (nSPS) is 19.1. The molecule has 0 saturated carbocycles. The summed E-state index contributed by atoms with van der Waals surface area (Å²) in [6.45, 7) is 0.835. The van der Waals surface area contributed by atoms with E-state index in [-0.39, 0.29) is 5.91 Å². The van der Waals surface area contributed by atoms with E-state index < -0.39 is 18.2 Å². The van der Waals surface area contributed by atoms with Crippen molar-refractivity contribution < 1.29 is 19.4 Å². The Kier molecular flexibility index (Phi) is 4.39. The number of amides is 1. The van der Waals surface area contributed by atoms with Crippen LogP contribution < -0.4 is 0 Å². The highest BCUT2D eigenvalue weighted by Gasteiger charge is 2.52. The first-order chi connectivity index (χ1) is 11.1. The summed E-state index contributed by atoms with van der Waals surface area (Å²) in [5, 5.41) is 8.94. The van der Waals surface area contributed by atoms with Gasteiger partial charge >= 0.3 is 5.97 Å². The fourth-order valence-electron chi connectivity index (χ4n) is 2.49. The Hall–Kier alpha value is -2.66. The molecule has 1 heterocycles. The predicted molar refractivity (Wildman–Crippen MR) is 83.4 cm³/mol. The van der Waals surface area contributed by atoms with E-state index in [2.05, 4.69) is 0 Å². The van der Waals surface area contributed by atoms with E-state index in [0.29, 0.717) is 13.1 Å². The van der Waals surface area contributed by atoms with Gasteiger partial charge in [-0.3, -0.25) is 4.79 Å². The monoisotopic (exact) mass is 311 g/mol. The van der Waals surface area contributed by atoms with Gasteiger partial charge in [-0.1, -0.05) is 60.7 Å². The minimum atomic E-state index is -1.09. The van der Waals surface area contributed by atoms with Gasteiger partial charge in [-0.05, 0) is 11.1 Å². The van der Waals surface area contributed by atoms with Crippen molar-refractivity contribution in [3.05, 3.63) is 71.8 Å². The Morgan fingerprint density at radius 2 is 1.35 bits per heavy atom. The third-order valence-electron chi connectivity index (χ3n) is 3.72.